The standard InChI is InChI=1S/C13H10F4N2O/c14-9-11(10(15)13(17)19-12(9)16)20-7-1-2-8-3-5-18-6-4-8/h3-6H,1-2,7H2. The zero-order valence-corrected chi connectivity index (χ0v) is 10.2. The molecule has 0 unspecified atom stereocenters. The molecule has 0 N–H and O–H groups in total. The van der Waals surface area contributed by atoms with Gasteiger partial charge in [-0.05, 0) is 30.5 Å². The highest BCUT2D eigenvalue weighted by Gasteiger charge is 2.21. The average molecular weight is 286 g/mol. The molecule has 0 bridgehead atoms. The molecule has 0 amide bonds. The van der Waals surface area contributed by atoms with Gasteiger partial charge < -0.3 is 4.74 Å². The number of rotatable bonds is 5. The fourth-order valence-corrected chi connectivity index (χ4v) is 1.59. The Morgan fingerprint density at radius 2 is 1.55 bits per heavy atom. The van der Waals surface area contributed by atoms with Crippen molar-refractivity contribution in [3.05, 3.63) is 53.6 Å². The van der Waals surface area contributed by atoms with Gasteiger partial charge in [-0.2, -0.15) is 22.5 Å². The van der Waals surface area contributed by atoms with Crippen molar-refractivity contribution in [3.63, 3.8) is 0 Å². The molecular formula is C13H10F4N2O. The number of pyridine rings is 2. The van der Waals surface area contributed by atoms with Crippen LogP contribution in [0.1, 0.15) is 12.0 Å². The predicted octanol–water partition coefficient (Wildman–Crippen LogP) is 3.04. The van der Waals surface area contributed by atoms with Gasteiger partial charge in [-0.1, -0.05) is 0 Å². The normalized spacial score (nSPS) is 10.6. The zero-order chi connectivity index (χ0) is 14.5. The summed E-state index contributed by atoms with van der Waals surface area (Å²) in [5.41, 5.74) is 0.969. The summed E-state index contributed by atoms with van der Waals surface area (Å²) < 4.78 is 56.8. The molecule has 0 atom stereocenters. The lowest BCUT2D eigenvalue weighted by atomic mass is 10.1. The highest BCUT2D eigenvalue weighted by atomic mass is 19.2. The first-order valence-corrected chi connectivity index (χ1v) is 5.81. The summed E-state index contributed by atoms with van der Waals surface area (Å²) >= 11 is 0. The molecule has 0 aromatic carbocycles. The molecule has 3 nitrogen and oxygen atoms in total. The molecule has 2 heterocycles. The van der Waals surface area contributed by atoms with E-state index in [4.69, 9.17) is 4.74 Å². The van der Waals surface area contributed by atoms with Crippen molar-refractivity contribution >= 4 is 0 Å². The van der Waals surface area contributed by atoms with E-state index in [0.717, 1.165) is 5.56 Å². The maximum atomic E-state index is 13.2. The van der Waals surface area contributed by atoms with E-state index in [9.17, 15) is 17.6 Å². The molecule has 0 spiro atoms. The van der Waals surface area contributed by atoms with Crippen molar-refractivity contribution in [2.24, 2.45) is 0 Å². The second kappa shape index (κ2) is 6.31. The van der Waals surface area contributed by atoms with E-state index in [2.05, 4.69) is 9.97 Å². The quantitative estimate of drug-likeness (QED) is 0.481. The van der Waals surface area contributed by atoms with Gasteiger partial charge in [0.1, 0.15) is 0 Å². The first-order chi connectivity index (χ1) is 9.59. The topological polar surface area (TPSA) is 35.0 Å². The minimum absolute atomic E-state index is 0.0843. The second-order valence-corrected chi connectivity index (χ2v) is 3.96. The number of hydrogen-bond acceptors (Lipinski definition) is 3. The lowest BCUT2D eigenvalue weighted by Gasteiger charge is -2.08. The lowest BCUT2D eigenvalue weighted by Crippen LogP contribution is -2.08. The first kappa shape index (κ1) is 14.2. The Balaban J connectivity index is 1.95. The van der Waals surface area contributed by atoms with Crippen LogP contribution in [0.25, 0.3) is 0 Å². The van der Waals surface area contributed by atoms with Crippen LogP contribution in [0.5, 0.6) is 5.75 Å². The highest BCUT2D eigenvalue weighted by Crippen LogP contribution is 2.24. The number of aromatic nitrogens is 2. The molecule has 20 heavy (non-hydrogen) atoms. The number of nitrogens with zero attached hydrogens (tertiary/aromatic N) is 2. The van der Waals surface area contributed by atoms with Crippen LogP contribution < -0.4 is 4.74 Å². The van der Waals surface area contributed by atoms with Gasteiger partial charge in [0.2, 0.25) is 11.6 Å². The molecule has 106 valence electrons. The summed E-state index contributed by atoms with van der Waals surface area (Å²) in [5.74, 6) is -7.80. The van der Waals surface area contributed by atoms with E-state index in [1.54, 1.807) is 24.5 Å². The van der Waals surface area contributed by atoms with Crippen molar-refractivity contribution in [3.8, 4) is 5.75 Å². The maximum Gasteiger partial charge on any atom is 0.255 e. The summed E-state index contributed by atoms with van der Waals surface area (Å²) in [5, 5.41) is 0. The molecule has 0 aliphatic heterocycles. The summed E-state index contributed by atoms with van der Waals surface area (Å²) in [6.07, 6.45) is 4.24. The predicted molar refractivity (Wildman–Crippen MR) is 62.1 cm³/mol. The Morgan fingerprint density at radius 3 is 2.15 bits per heavy atom. The van der Waals surface area contributed by atoms with Crippen molar-refractivity contribution < 1.29 is 22.3 Å². The molecule has 0 saturated heterocycles. The molecule has 7 heteroatoms. The van der Waals surface area contributed by atoms with Gasteiger partial charge in [0.15, 0.2) is 5.75 Å². The third-order valence-electron chi connectivity index (χ3n) is 2.56. The molecule has 0 aliphatic carbocycles. The van der Waals surface area contributed by atoms with Gasteiger partial charge in [-0.3, -0.25) is 4.98 Å². The van der Waals surface area contributed by atoms with E-state index in [0.29, 0.717) is 12.8 Å². The van der Waals surface area contributed by atoms with Gasteiger partial charge >= 0.3 is 0 Å². The monoisotopic (exact) mass is 286 g/mol. The fourth-order valence-electron chi connectivity index (χ4n) is 1.59. The highest BCUT2D eigenvalue weighted by molar-refractivity contribution is 5.24. The van der Waals surface area contributed by atoms with Crippen molar-refractivity contribution in [2.45, 2.75) is 12.8 Å². The van der Waals surface area contributed by atoms with Crippen LogP contribution in [-0.2, 0) is 6.42 Å². The second-order valence-electron chi connectivity index (χ2n) is 3.96. The van der Waals surface area contributed by atoms with Crippen molar-refractivity contribution in [1.82, 2.24) is 9.97 Å². The van der Waals surface area contributed by atoms with Gasteiger partial charge in [0.25, 0.3) is 11.9 Å². The van der Waals surface area contributed by atoms with E-state index in [1.807, 2.05) is 0 Å². The average Bonchev–Trinajstić information content (AvgIpc) is 2.45. The number of ether oxygens (including phenoxy) is 1. The van der Waals surface area contributed by atoms with Crippen LogP contribution in [0.15, 0.2) is 24.5 Å². The Hall–Kier alpha value is -2.18. The van der Waals surface area contributed by atoms with Crippen molar-refractivity contribution in [2.75, 3.05) is 6.61 Å². The van der Waals surface area contributed by atoms with Gasteiger partial charge in [0.05, 0.1) is 6.61 Å². The molecule has 2 aromatic rings. The Bertz CT molecular complexity index is 566. The molecule has 0 aliphatic rings. The van der Waals surface area contributed by atoms with Crippen molar-refractivity contribution in [1.29, 1.82) is 0 Å². The number of aryl methyl sites for hydroxylation is 1. The molecule has 0 radical (unpaired) electrons. The van der Waals surface area contributed by atoms with Crippen LogP contribution in [0.3, 0.4) is 0 Å². The van der Waals surface area contributed by atoms with Crippen LogP contribution in [-0.4, -0.2) is 16.6 Å². The van der Waals surface area contributed by atoms with Gasteiger partial charge in [0, 0.05) is 12.4 Å². The van der Waals surface area contributed by atoms with E-state index < -0.39 is 29.3 Å². The minimum atomic E-state index is -1.73. The van der Waals surface area contributed by atoms with Crippen LogP contribution >= 0.6 is 0 Å². The van der Waals surface area contributed by atoms with Crippen LogP contribution in [0.4, 0.5) is 17.6 Å². The van der Waals surface area contributed by atoms with Gasteiger partial charge in [-0.15, -0.1) is 0 Å². The van der Waals surface area contributed by atoms with E-state index in [1.165, 1.54) is 0 Å². The number of halogens is 4. The van der Waals surface area contributed by atoms with Crippen LogP contribution in [0, 0.1) is 23.5 Å². The van der Waals surface area contributed by atoms with E-state index >= 15 is 0 Å². The first-order valence-electron chi connectivity index (χ1n) is 5.81. The third-order valence-corrected chi connectivity index (χ3v) is 2.56. The Labute approximate surface area is 112 Å². The molecule has 0 fully saturated rings. The fraction of sp³-hybridized carbons (Fsp3) is 0.231. The summed E-state index contributed by atoms with van der Waals surface area (Å²) in [7, 11) is 0. The summed E-state index contributed by atoms with van der Waals surface area (Å²) in [6.45, 7) is -0.0843. The lowest BCUT2D eigenvalue weighted by molar-refractivity contribution is 0.260. The smallest absolute Gasteiger partial charge is 0.255 e. The Morgan fingerprint density at radius 1 is 0.950 bits per heavy atom. The molecule has 2 aromatic heterocycles. The zero-order valence-electron chi connectivity index (χ0n) is 10.2. The largest absolute Gasteiger partial charge is 0.487 e. The van der Waals surface area contributed by atoms with Crippen LogP contribution in [0.2, 0.25) is 0 Å². The third kappa shape index (κ3) is 3.23. The summed E-state index contributed by atoms with van der Waals surface area (Å²) in [6, 6.07) is 3.57. The Kier molecular flexibility index (Phi) is 4.49. The maximum absolute atomic E-state index is 13.2. The summed E-state index contributed by atoms with van der Waals surface area (Å²) in [4.78, 5) is 6.28. The number of hydrogen-bond donors (Lipinski definition) is 0. The van der Waals surface area contributed by atoms with Gasteiger partial charge in [-0.25, -0.2) is 0 Å². The minimum Gasteiger partial charge on any atom is -0.487 e. The van der Waals surface area contributed by atoms with E-state index in [-0.39, 0.29) is 6.61 Å². The SMILES string of the molecule is Fc1nc(F)c(F)c(OCCCc2ccncc2)c1F. The molecule has 2 rings (SSSR count). The molecule has 0 saturated carbocycles. The molecular weight excluding hydrogens is 276 g/mol.